The Labute approximate surface area is 215 Å². The minimum Gasteiger partial charge on any atom is -0.508 e. The van der Waals surface area contributed by atoms with Crippen LogP contribution < -0.4 is 10.1 Å². The van der Waals surface area contributed by atoms with E-state index in [4.69, 9.17) is 4.74 Å². The van der Waals surface area contributed by atoms with Crippen molar-refractivity contribution in [1.29, 1.82) is 0 Å². The second-order valence-electron chi connectivity index (χ2n) is 7.84. The summed E-state index contributed by atoms with van der Waals surface area (Å²) in [6.07, 6.45) is 1.51. The molecule has 0 spiro atoms. The number of rotatable bonds is 7. The molecular formula is C27H21BrN4O2S. The molecule has 0 bridgehead atoms. The van der Waals surface area contributed by atoms with Crippen LogP contribution in [0.2, 0.25) is 0 Å². The van der Waals surface area contributed by atoms with Gasteiger partial charge in [-0.3, -0.25) is 0 Å². The van der Waals surface area contributed by atoms with Crippen LogP contribution in [0.3, 0.4) is 0 Å². The molecule has 0 atom stereocenters. The summed E-state index contributed by atoms with van der Waals surface area (Å²) < 4.78 is 7.12. The highest BCUT2D eigenvalue weighted by atomic mass is 79.9. The molecule has 3 aromatic carbocycles. The average Bonchev–Trinajstić information content (AvgIpc) is 2.85. The lowest BCUT2D eigenvalue weighted by Crippen LogP contribution is -2.00. The van der Waals surface area contributed by atoms with Gasteiger partial charge in [0.2, 0.25) is 0 Å². The summed E-state index contributed by atoms with van der Waals surface area (Å²) in [7, 11) is 0. The second-order valence-corrected chi connectivity index (χ2v) is 9.87. The molecule has 0 aliphatic rings. The number of aromatic hydroxyl groups is 1. The molecule has 2 N–H and O–H groups in total. The van der Waals surface area contributed by atoms with E-state index in [2.05, 4.69) is 36.2 Å². The fourth-order valence-electron chi connectivity index (χ4n) is 3.48. The summed E-state index contributed by atoms with van der Waals surface area (Å²) in [6.45, 7) is 2.39. The van der Waals surface area contributed by atoms with Crippen molar-refractivity contribution in [2.24, 2.45) is 0 Å². The van der Waals surface area contributed by atoms with E-state index in [1.165, 1.54) is 6.33 Å². The Morgan fingerprint density at radius 3 is 2.66 bits per heavy atom. The number of pyridine rings is 1. The third-order valence-corrected chi connectivity index (χ3v) is 6.78. The van der Waals surface area contributed by atoms with Crippen molar-refractivity contribution >= 4 is 50.2 Å². The number of benzene rings is 3. The van der Waals surface area contributed by atoms with Crippen LogP contribution in [0, 0.1) is 6.92 Å². The lowest BCUT2D eigenvalue weighted by molar-refractivity contribution is 0.306. The maximum atomic E-state index is 9.64. The van der Waals surface area contributed by atoms with Gasteiger partial charge in [0.1, 0.15) is 30.3 Å². The fraction of sp³-hybridized carbons (Fsp3) is 0.0741. The largest absolute Gasteiger partial charge is 0.508 e. The highest BCUT2D eigenvalue weighted by molar-refractivity contribution is 9.10. The molecule has 5 rings (SSSR count). The van der Waals surface area contributed by atoms with Crippen LogP contribution in [0.25, 0.3) is 11.0 Å². The summed E-state index contributed by atoms with van der Waals surface area (Å²) in [5.74, 6) is 1.63. The number of ether oxygens (including phenoxy) is 1. The molecule has 8 heteroatoms. The molecule has 0 amide bonds. The Kier molecular flexibility index (Phi) is 6.83. The van der Waals surface area contributed by atoms with E-state index < -0.39 is 0 Å². The van der Waals surface area contributed by atoms with Crippen LogP contribution in [0.5, 0.6) is 11.5 Å². The quantitative estimate of drug-likeness (QED) is 0.223. The van der Waals surface area contributed by atoms with Crippen LogP contribution in [-0.4, -0.2) is 20.1 Å². The SMILES string of the molecule is Cc1ccc2c(Nc3cc(OCc4cccc(Br)c4)ccc3Sc3ccc(O)cc3)ncnc2n1. The van der Waals surface area contributed by atoms with Crippen molar-refractivity contribution in [1.82, 2.24) is 15.0 Å². The van der Waals surface area contributed by atoms with Crippen molar-refractivity contribution in [2.75, 3.05) is 5.32 Å². The number of anilines is 2. The molecule has 0 fully saturated rings. The van der Waals surface area contributed by atoms with E-state index in [-0.39, 0.29) is 5.75 Å². The molecule has 0 aliphatic carbocycles. The van der Waals surface area contributed by atoms with Gasteiger partial charge in [0.25, 0.3) is 0 Å². The normalized spacial score (nSPS) is 10.9. The van der Waals surface area contributed by atoms with Gasteiger partial charge in [-0.2, -0.15) is 0 Å². The van der Waals surface area contributed by atoms with Gasteiger partial charge in [-0.1, -0.05) is 39.8 Å². The zero-order valence-corrected chi connectivity index (χ0v) is 21.2. The van der Waals surface area contributed by atoms with E-state index in [1.54, 1.807) is 23.9 Å². The molecule has 174 valence electrons. The minimum absolute atomic E-state index is 0.235. The van der Waals surface area contributed by atoms with Crippen molar-refractivity contribution < 1.29 is 9.84 Å². The van der Waals surface area contributed by atoms with E-state index in [0.29, 0.717) is 18.1 Å². The first kappa shape index (κ1) is 23.1. The van der Waals surface area contributed by atoms with Gasteiger partial charge in [0.05, 0.1) is 11.1 Å². The molecular weight excluding hydrogens is 524 g/mol. The standard InChI is InChI=1S/C27H21BrN4O2S/c1-17-5-11-23-26(31-17)29-16-30-27(23)32-24-14-21(34-15-18-3-2-4-19(28)13-18)8-12-25(24)35-22-9-6-20(33)7-10-22/h2-14,16,33H,15H2,1H3,(H,29,30,31,32). The molecule has 0 radical (unpaired) electrons. The Morgan fingerprint density at radius 1 is 0.971 bits per heavy atom. The first-order valence-electron chi connectivity index (χ1n) is 10.9. The summed E-state index contributed by atoms with van der Waals surface area (Å²) in [6, 6.07) is 25.0. The van der Waals surface area contributed by atoms with Crippen LogP contribution in [0.15, 0.2) is 99.5 Å². The number of aryl methyl sites for hydroxylation is 1. The number of halogens is 1. The van der Waals surface area contributed by atoms with Crippen molar-refractivity contribution in [3.05, 3.63) is 101 Å². The molecule has 6 nitrogen and oxygen atoms in total. The average molecular weight is 545 g/mol. The number of nitrogens with zero attached hydrogens (tertiary/aromatic N) is 3. The minimum atomic E-state index is 0.235. The fourth-order valence-corrected chi connectivity index (χ4v) is 4.81. The van der Waals surface area contributed by atoms with Gasteiger partial charge in [-0.25, -0.2) is 15.0 Å². The number of aromatic nitrogens is 3. The van der Waals surface area contributed by atoms with Gasteiger partial charge in [-0.05, 0) is 73.2 Å². The zero-order valence-electron chi connectivity index (χ0n) is 18.8. The Morgan fingerprint density at radius 2 is 1.83 bits per heavy atom. The number of nitrogens with one attached hydrogen (secondary N) is 1. The predicted molar refractivity (Wildman–Crippen MR) is 142 cm³/mol. The van der Waals surface area contributed by atoms with Crippen LogP contribution >= 0.6 is 27.7 Å². The lowest BCUT2D eigenvalue weighted by atomic mass is 10.2. The van der Waals surface area contributed by atoms with Gasteiger partial charge >= 0.3 is 0 Å². The second kappa shape index (κ2) is 10.3. The topological polar surface area (TPSA) is 80.2 Å². The number of phenols is 1. The molecule has 2 aromatic heterocycles. The molecule has 2 heterocycles. The molecule has 0 unspecified atom stereocenters. The van der Waals surface area contributed by atoms with Crippen molar-refractivity contribution in [3.63, 3.8) is 0 Å². The monoisotopic (exact) mass is 544 g/mol. The molecule has 0 saturated heterocycles. The van der Waals surface area contributed by atoms with E-state index >= 15 is 0 Å². The van der Waals surface area contributed by atoms with E-state index in [9.17, 15) is 5.11 Å². The Balaban J connectivity index is 1.48. The summed E-state index contributed by atoms with van der Waals surface area (Å²) in [4.78, 5) is 15.3. The van der Waals surface area contributed by atoms with Gasteiger partial charge < -0.3 is 15.2 Å². The van der Waals surface area contributed by atoms with E-state index in [1.807, 2.05) is 73.7 Å². The first-order chi connectivity index (χ1) is 17.0. The molecule has 5 aromatic rings. The predicted octanol–water partition coefficient (Wildman–Crippen LogP) is 7.28. The Bertz CT molecular complexity index is 1500. The van der Waals surface area contributed by atoms with Gasteiger partial charge in [0, 0.05) is 26.0 Å². The smallest absolute Gasteiger partial charge is 0.164 e. The van der Waals surface area contributed by atoms with Crippen molar-refractivity contribution in [3.8, 4) is 11.5 Å². The molecule has 0 aliphatic heterocycles. The number of fused-ring (bicyclic) bond motifs is 1. The number of hydrogen-bond acceptors (Lipinski definition) is 7. The van der Waals surface area contributed by atoms with E-state index in [0.717, 1.165) is 42.3 Å². The zero-order chi connectivity index (χ0) is 24.2. The van der Waals surface area contributed by atoms with Crippen LogP contribution in [0.1, 0.15) is 11.3 Å². The highest BCUT2D eigenvalue weighted by Gasteiger charge is 2.12. The maximum Gasteiger partial charge on any atom is 0.164 e. The number of hydrogen-bond donors (Lipinski definition) is 2. The molecule has 35 heavy (non-hydrogen) atoms. The maximum absolute atomic E-state index is 9.64. The lowest BCUT2D eigenvalue weighted by Gasteiger charge is -2.15. The van der Waals surface area contributed by atoms with Gasteiger partial charge in [-0.15, -0.1) is 0 Å². The van der Waals surface area contributed by atoms with Gasteiger partial charge in [0.15, 0.2) is 5.65 Å². The van der Waals surface area contributed by atoms with Crippen molar-refractivity contribution in [2.45, 2.75) is 23.3 Å². The summed E-state index contributed by atoms with van der Waals surface area (Å²) in [5, 5.41) is 13.9. The summed E-state index contributed by atoms with van der Waals surface area (Å²) >= 11 is 5.09. The number of phenolic OH excluding ortho intramolecular Hbond substituents is 1. The third kappa shape index (κ3) is 5.72. The molecule has 0 saturated carbocycles. The van der Waals surface area contributed by atoms with Crippen LogP contribution in [-0.2, 0) is 6.61 Å². The first-order valence-corrected chi connectivity index (χ1v) is 12.5. The highest BCUT2D eigenvalue weighted by Crippen LogP contribution is 2.38. The Hall–Kier alpha value is -3.62. The third-order valence-electron chi connectivity index (χ3n) is 5.20. The van der Waals surface area contributed by atoms with Crippen LogP contribution in [0.4, 0.5) is 11.5 Å². The summed E-state index contributed by atoms with van der Waals surface area (Å²) in [5.41, 5.74) is 3.45.